The summed E-state index contributed by atoms with van der Waals surface area (Å²) in [5.41, 5.74) is 0.198. The number of carboxylic acid groups (broad SMARTS) is 1. The van der Waals surface area contributed by atoms with Crippen LogP contribution in [0.4, 0.5) is 0 Å². The van der Waals surface area contributed by atoms with Gasteiger partial charge in [0, 0.05) is 4.47 Å². The molecule has 0 aliphatic carbocycles. The van der Waals surface area contributed by atoms with Crippen LogP contribution in [-0.2, 0) is 0 Å². The van der Waals surface area contributed by atoms with Gasteiger partial charge in [-0.2, -0.15) is 0 Å². The van der Waals surface area contributed by atoms with Crippen LogP contribution in [0.1, 0.15) is 37.6 Å². The molecule has 1 N–H and O–H groups in total. The molecule has 0 spiro atoms. The van der Waals surface area contributed by atoms with Crippen molar-refractivity contribution in [2.24, 2.45) is 5.92 Å². The monoisotopic (exact) mass is 300 g/mol. The first-order valence-corrected chi connectivity index (χ1v) is 6.39. The summed E-state index contributed by atoms with van der Waals surface area (Å²) in [6, 6.07) is 4.94. The summed E-state index contributed by atoms with van der Waals surface area (Å²) in [6.45, 7) is 6.17. The summed E-state index contributed by atoms with van der Waals surface area (Å²) in [7, 11) is 0. The molecule has 0 radical (unpaired) electrons. The van der Waals surface area contributed by atoms with E-state index in [1.54, 1.807) is 18.2 Å². The lowest BCUT2D eigenvalue weighted by Gasteiger charge is -2.18. The quantitative estimate of drug-likeness (QED) is 0.895. The second-order valence-corrected chi connectivity index (χ2v) is 5.42. The smallest absolute Gasteiger partial charge is 0.339 e. The van der Waals surface area contributed by atoms with Gasteiger partial charge in [0.1, 0.15) is 11.3 Å². The molecule has 4 heteroatoms. The fourth-order valence-electron chi connectivity index (χ4n) is 1.70. The Balaban J connectivity index is 2.88. The number of rotatable bonds is 5. The highest BCUT2D eigenvalue weighted by Gasteiger charge is 2.14. The predicted octanol–water partition coefficient (Wildman–Crippen LogP) is 3.96. The average molecular weight is 301 g/mol. The first kappa shape index (κ1) is 14.0. The number of ether oxygens (including phenoxy) is 1. The topological polar surface area (TPSA) is 46.5 Å². The van der Waals surface area contributed by atoms with Gasteiger partial charge in [-0.15, -0.1) is 0 Å². The Morgan fingerprint density at radius 3 is 2.59 bits per heavy atom. The normalized spacial score (nSPS) is 12.5. The van der Waals surface area contributed by atoms with Crippen LogP contribution >= 0.6 is 15.9 Å². The maximum Gasteiger partial charge on any atom is 0.339 e. The zero-order valence-electron chi connectivity index (χ0n) is 10.2. The van der Waals surface area contributed by atoms with E-state index >= 15 is 0 Å². The number of aromatic carboxylic acids is 1. The van der Waals surface area contributed by atoms with Crippen molar-refractivity contribution < 1.29 is 14.6 Å². The van der Waals surface area contributed by atoms with E-state index in [4.69, 9.17) is 9.84 Å². The van der Waals surface area contributed by atoms with E-state index in [1.807, 2.05) is 6.92 Å². The van der Waals surface area contributed by atoms with Gasteiger partial charge in [0.15, 0.2) is 0 Å². The highest BCUT2D eigenvalue weighted by molar-refractivity contribution is 9.10. The summed E-state index contributed by atoms with van der Waals surface area (Å²) in [5, 5.41) is 9.06. The number of hydrogen-bond acceptors (Lipinski definition) is 2. The SMILES string of the molecule is CC(C)CC(C)Oc1cc(Br)ccc1C(=O)O. The van der Waals surface area contributed by atoms with Crippen molar-refractivity contribution in [2.45, 2.75) is 33.3 Å². The minimum Gasteiger partial charge on any atom is -0.490 e. The molecule has 3 nitrogen and oxygen atoms in total. The molecule has 0 heterocycles. The van der Waals surface area contributed by atoms with Gasteiger partial charge in [-0.3, -0.25) is 0 Å². The summed E-state index contributed by atoms with van der Waals surface area (Å²) < 4.78 is 6.50. The predicted molar refractivity (Wildman–Crippen MR) is 70.6 cm³/mol. The summed E-state index contributed by atoms with van der Waals surface area (Å²) in [5.74, 6) is -0.0327. The molecule has 0 fully saturated rings. The molecule has 1 aromatic carbocycles. The fraction of sp³-hybridized carbons (Fsp3) is 0.462. The maximum absolute atomic E-state index is 11.0. The van der Waals surface area contributed by atoms with Crippen LogP contribution in [0.5, 0.6) is 5.75 Å². The van der Waals surface area contributed by atoms with Crippen molar-refractivity contribution in [1.82, 2.24) is 0 Å². The Morgan fingerprint density at radius 2 is 2.06 bits per heavy atom. The Kier molecular flexibility index (Phi) is 5.00. The highest BCUT2D eigenvalue weighted by atomic mass is 79.9. The lowest BCUT2D eigenvalue weighted by atomic mass is 10.1. The van der Waals surface area contributed by atoms with Gasteiger partial charge < -0.3 is 9.84 Å². The largest absolute Gasteiger partial charge is 0.490 e. The molecule has 0 saturated carbocycles. The number of benzene rings is 1. The van der Waals surface area contributed by atoms with Crippen molar-refractivity contribution in [1.29, 1.82) is 0 Å². The Bertz CT molecular complexity index is 402. The Morgan fingerprint density at radius 1 is 1.41 bits per heavy atom. The minimum absolute atomic E-state index is 0.00222. The third-order valence-corrected chi connectivity index (χ3v) is 2.80. The van der Waals surface area contributed by atoms with Gasteiger partial charge in [0.05, 0.1) is 6.10 Å². The molecule has 0 amide bonds. The number of halogens is 1. The molecular formula is C13H17BrO3. The Labute approximate surface area is 110 Å². The molecule has 0 aliphatic rings. The second kappa shape index (κ2) is 6.05. The average Bonchev–Trinajstić information content (AvgIpc) is 2.15. The summed E-state index contributed by atoms with van der Waals surface area (Å²) in [6.07, 6.45) is 0.897. The first-order chi connectivity index (χ1) is 7.90. The molecular weight excluding hydrogens is 284 g/mol. The van der Waals surface area contributed by atoms with E-state index in [2.05, 4.69) is 29.8 Å². The van der Waals surface area contributed by atoms with E-state index in [-0.39, 0.29) is 11.7 Å². The molecule has 0 aromatic heterocycles. The van der Waals surface area contributed by atoms with E-state index < -0.39 is 5.97 Å². The van der Waals surface area contributed by atoms with Crippen LogP contribution in [0.25, 0.3) is 0 Å². The molecule has 0 bridgehead atoms. The molecule has 1 atom stereocenters. The highest BCUT2D eigenvalue weighted by Crippen LogP contribution is 2.25. The van der Waals surface area contributed by atoms with Gasteiger partial charge in [-0.05, 0) is 37.5 Å². The molecule has 1 rings (SSSR count). The zero-order chi connectivity index (χ0) is 13.0. The minimum atomic E-state index is -0.968. The third-order valence-electron chi connectivity index (χ3n) is 2.31. The van der Waals surface area contributed by atoms with Gasteiger partial charge in [0.2, 0.25) is 0 Å². The first-order valence-electron chi connectivity index (χ1n) is 5.59. The van der Waals surface area contributed by atoms with Crippen LogP contribution < -0.4 is 4.74 Å². The van der Waals surface area contributed by atoms with E-state index in [1.165, 1.54) is 0 Å². The standard InChI is InChI=1S/C13H17BrO3/c1-8(2)6-9(3)17-12-7-10(14)4-5-11(12)13(15)16/h4-5,7-9H,6H2,1-3H3,(H,15,16). The molecule has 17 heavy (non-hydrogen) atoms. The number of carbonyl (C=O) groups is 1. The van der Waals surface area contributed by atoms with Crippen molar-refractivity contribution in [3.8, 4) is 5.75 Å². The number of carboxylic acids is 1. The van der Waals surface area contributed by atoms with Crippen LogP contribution in [0, 0.1) is 5.92 Å². The second-order valence-electron chi connectivity index (χ2n) is 4.50. The van der Waals surface area contributed by atoms with Crippen molar-refractivity contribution in [3.05, 3.63) is 28.2 Å². The maximum atomic E-state index is 11.0. The lowest BCUT2D eigenvalue weighted by molar-refractivity contribution is 0.0689. The van der Waals surface area contributed by atoms with E-state index in [9.17, 15) is 4.79 Å². The van der Waals surface area contributed by atoms with Crippen LogP contribution in [0.15, 0.2) is 22.7 Å². The number of hydrogen-bond donors (Lipinski definition) is 1. The van der Waals surface area contributed by atoms with Crippen molar-refractivity contribution in [3.63, 3.8) is 0 Å². The van der Waals surface area contributed by atoms with Gasteiger partial charge >= 0.3 is 5.97 Å². The van der Waals surface area contributed by atoms with Crippen molar-refractivity contribution >= 4 is 21.9 Å². The fourth-order valence-corrected chi connectivity index (χ4v) is 2.04. The van der Waals surface area contributed by atoms with Crippen LogP contribution in [-0.4, -0.2) is 17.2 Å². The summed E-state index contributed by atoms with van der Waals surface area (Å²) in [4.78, 5) is 11.0. The third kappa shape index (κ3) is 4.38. The van der Waals surface area contributed by atoms with Crippen LogP contribution in [0.2, 0.25) is 0 Å². The van der Waals surface area contributed by atoms with Crippen LogP contribution in [0.3, 0.4) is 0 Å². The molecule has 1 unspecified atom stereocenters. The van der Waals surface area contributed by atoms with Crippen molar-refractivity contribution in [2.75, 3.05) is 0 Å². The molecule has 0 saturated heterocycles. The van der Waals surface area contributed by atoms with Gasteiger partial charge in [0.25, 0.3) is 0 Å². The van der Waals surface area contributed by atoms with Gasteiger partial charge in [-0.25, -0.2) is 4.79 Å². The Hall–Kier alpha value is -1.03. The van der Waals surface area contributed by atoms with E-state index in [0.717, 1.165) is 10.9 Å². The summed E-state index contributed by atoms with van der Waals surface area (Å²) >= 11 is 3.31. The zero-order valence-corrected chi connectivity index (χ0v) is 11.8. The van der Waals surface area contributed by atoms with E-state index in [0.29, 0.717) is 11.7 Å². The lowest BCUT2D eigenvalue weighted by Crippen LogP contribution is -2.16. The molecule has 0 aliphatic heterocycles. The molecule has 1 aromatic rings. The molecule has 94 valence electrons. The van der Waals surface area contributed by atoms with Gasteiger partial charge in [-0.1, -0.05) is 29.8 Å².